The standard InChI is InChI=1S/C13H22N2O4S/c1-3-8-15-20(17,18)13-7-5-4-6-12(13)14-9-11(16)10-19-2/h4-7,11,14-16H,3,8-10H2,1-2H3. The van der Waals surface area contributed by atoms with Crippen LogP contribution in [-0.4, -0.2) is 46.4 Å². The van der Waals surface area contributed by atoms with E-state index in [0.717, 1.165) is 6.42 Å². The molecule has 7 heteroatoms. The monoisotopic (exact) mass is 302 g/mol. The topological polar surface area (TPSA) is 87.7 Å². The smallest absolute Gasteiger partial charge is 0.242 e. The molecule has 0 spiro atoms. The molecular formula is C13H22N2O4S. The van der Waals surface area contributed by atoms with Gasteiger partial charge in [-0.05, 0) is 18.6 Å². The molecule has 0 saturated carbocycles. The Balaban J connectivity index is 2.83. The summed E-state index contributed by atoms with van der Waals surface area (Å²) in [6.07, 6.45) is 0.0286. The molecule has 1 rings (SSSR count). The Morgan fingerprint density at radius 1 is 1.35 bits per heavy atom. The zero-order valence-corrected chi connectivity index (χ0v) is 12.6. The van der Waals surface area contributed by atoms with Crippen molar-refractivity contribution >= 4 is 15.7 Å². The second-order valence-electron chi connectivity index (χ2n) is 4.38. The molecule has 20 heavy (non-hydrogen) atoms. The normalized spacial score (nSPS) is 13.2. The maximum atomic E-state index is 12.1. The first-order valence-electron chi connectivity index (χ1n) is 6.50. The molecule has 0 amide bonds. The number of anilines is 1. The maximum absolute atomic E-state index is 12.1. The van der Waals surface area contributed by atoms with Crippen LogP contribution in [0.3, 0.4) is 0 Å². The molecule has 1 aromatic carbocycles. The Morgan fingerprint density at radius 3 is 2.70 bits per heavy atom. The number of para-hydroxylation sites is 1. The lowest BCUT2D eigenvalue weighted by molar-refractivity contribution is 0.0727. The van der Waals surface area contributed by atoms with Crippen LogP contribution in [0.25, 0.3) is 0 Å². The Labute approximate surface area is 120 Å². The van der Waals surface area contributed by atoms with Crippen LogP contribution in [0.5, 0.6) is 0 Å². The second kappa shape index (κ2) is 8.21. The predicted octanol–water partition coefficient (Wildman–Crippen LogP) is 0.794. The van der Waals surface area contributed by atoms with Crippen LogP contribution < -0.4 is 10.0 Å². The number of sulfonamides is 1. The van der Waals surface area contributed by atoms with E-state index in [1.54, 1.807) is 18.2 Å². The number of nitrogens with one attached hydrogen (secondary N) is 2. The van der Waals surface area contributed by atoms with Gasteiger partial charge in [0.2, 0.25) is 10.0 Å². The van der Waals surface area contributed by atoms with Crippen molar-refractivity contribution in [2.75, 3.05) is 32.1 Å². The zero-order chi connectivity index (χ0) is 15.0. The summed E-state index contributed by atoms with van der Waals surface area (Å²) in [5, 5.41) is 12.5. The minimum absolute atomic E-state index is 0.179. The molecule has 3 N–H and O–H groups in total. The van der Waals surface area contributed by atoms with Crippen molar-refractivity contribution in [3.8, 4) is 0 Å². The number of aliphatic hydroxyl groups is 1. The van der Waals surface area contributed by atoms with Crippen LogP contribution in [0.1, 0.15) is 13.3 Å². The maximum Gasteiger partial charge on any atom is 0.242 e. The third kappa shape index (κ3) is 5.09. The number of hydrogen-bond acceptors (Lipinski definition) is 5. The number of benzene rings is 1. The van der Waals surface area contributed by atoms with E-state index in [1.165, 1.54) is 13.2 Å². The van der Waals surface area contributed by atoms with E-state index in [-0.39, 0.29) is 18.0 Å². The van der Waals surface area contributed by atoms with Gasteiger partial charge in [0.1, 0.15) is 4.90 Å². The van der Waals surface area contributed by atoms with Gasteiger partial charge in [0, 0.05) is 20.2 Å². The van der Waals surface area contributed by atoms with Gasteiger partial charge in [-0.15, -0.1) is 0 Å². The van der Waals surface area contributed by atoms with Gasteiger partial charge in [0.15, 0.2) is 0 Å². The van der Waals surface area contributed by atoms with Gasteiger partial charge in [-0.1, -0.05) is 19.1 Å². The molecule has 0 saturated heterocycles. The highest BCUT2D eigenvalue weighted by molar-refractivity contribution is 7.89. The molecule has 114 valence electrons. The Hall–Kier alpha value is -1.15. The third-order valence-electron chi connectivity index (χ3n) is 2.61. The molecule has 1 aromatic rings. The minimum Gasteiger partial charge on any atom is -0.389 e. The summed E-state index contributed by atoms with van der Waals surface area (Å²) in [6, 6.07) is 6.60. The molecular weight excluding hydrogens is 280 g/mol. The van der Waals surface area contributed by atoms with E-state index in [0.29, 0.717) is 12.2 Å². The van der Waals surface area contributed by atoms with Crippen molar-refractivity contribution in [3.05, 3.63) is 24.3 Å². The van der Waals surface area contributed by atoms with Crippen LogP contribution in [0.2, 0.25) is 0 Å². The predicted molar refractivity (Wildman–Crippen MR) is 78.3 cm³/mol. The molecule has 0 aliphatic heterocycles. The summed E-state index contributed by atoms with van der Waals surface area (Å²) in [6.45, 7) is 2.70. The molecule has 0 radical (unpaired) electrons. The molecule has 0 heterocycles. The van der Waals surface area contributed by atoms with Crippen LogP contribution in [0.4, 0.5) is 5.69 Å². The average Bonchev–Trinajstić information content (AvgIpc) is 2.43. The summed E-state index contributed by atoms with van der Waals surface area (Å²) in [4.78, 5) is 0.179. The summed E-state index contributed by atoms with van der Waals surface area (Å²) in [5.74, 6) is 0. The number of aliphatic hydroxyl groups excluding tert-OH is 1. The van der Waals surface area contributed by atoms with Gasteiger partial charge in [0.25, 0.3) is 0 Å². The van der Waals surface area contributed by atoms with E-state index >= 15 is 0 Å². The quantitative estimate of drug-likeness (QED) is 0.628. The lowest BCUT2D eigenvalue weighted by atomic mass is 10.3. The zero-order valence-electron chi connectivity index (χ0n) is 11.8. The fraction of sp³-hybridized carbons (Fsp3) is 0.538. The lowest BCUT2D eigenvalue weighted by Gasteiger charge is -2.15. The van der Waals surface area contributed by atoms with Crippen molar-refractivity contribution in [3.63, 3.8) is 0 Å². The molecule has 0 fully saturated rings. The molecule has 0 aromatic heterocycles. The van der Waals surface area contributed by atoms with Crippen molar-refractivity contribution in [1.82, 2.24) is 4.72 Å². The van der Waals surface area contributed by atoms with Gasteiger partial charge in [-0.2, -0.15) is 0 Å². The molecule has 0 bridgehead atoms. The molecule has 1 atom stereocenters. The summed E-state index contributed by atoms with van der Waals surface area (Å²) >= 11 is 0. The van der Waals surface area contributed by atoms with Crippen molar-refractivity contribution in [2.24, 2.45) is 0 Å². The average molecular weight is 302 g/mol. The van der Waals surface area contributed by atoms with Crippen molar-refractivity contribution in [1.29, 1.82) is 0 Å². The Kier molecular flexibility index (Phi) is 6.94. The Morgan fingerprint density at radius 2 is 2.05 bits per heavy atom. The van der Waals surface area contributed by atoms with Crippen LogP contribution in [0, 0.1) is 0 Å². The molecule has 0 aliphatic carbocycles. The van der Waals surface area contributed by atoms with Gasteiger partial charge in [-0.25, -0.2) is 13.1 Å². The fourth-order valence-corrected chi connectivity index (χ4v) is 2.96. The third-order valence-corrected chi connectivity index (χ3v) is 4.13. The number of rotatable bonds is 9. The molecule has 0 aliphatic rings. The highest BCUT2D eigenvalue weighted by Crippen LogP contribution is 2.20. The van der Waals surface area contributed by atoms with Gasteiger partial charge < -0.3 is 15.2 Å². The first-order valence-corrected chi connectivity index (χ1v) is 7.99. The Bertz CT molecular complexity index is 505. The van der Waals surface area contributed by atoms with E-state index in [4.69, 9.17) is 4.74 Å². The van der Waals surface area contributed by atoms with E-state index in [2.05, 4.69) is 10.0 Å². The SMILES string of the molecule is CCCNS(=O)(=O)c1ccccc1NCC(O)COC. The summed E-state index contributed by atoms with van der Waals surface area (Å²) < 4.78 is 31.6. The van der Waals surface area contributed by atoms with E-state index < -0.39 is 16.1 Å². The minimum atomic E-state index is -3.54. The number of hydrogen-bond donors (Lipinski definition) is 3. The van der Waals surface area contributed by atoms with Gasteiger partial charge in [-0.3, -0.25) is 0 Å². The number of ether oxygens (including phenoxy) is 1. The first-order chi connectivity index (χ1) is 9.51. The van der Waals surface area contributed by atoms with Crippen molar-refractivity contribution in [2.45, 2.75) is 24.3 Å². The summed E-state index contributed by atoms with van der Waals surface area (Å²) in [5.41, 5.74) is 0.464. The highest BCUT2D eigenvalue weighted by atomic mass is 32.2. The summed E-state index contributed by atoms with van der Waals surface area (Å²) in [7, 11) is -2.04. The van der Waals surface area contributed by atoms with E-state index in [1.807, 2.05) is 6.92 Å². The van der Waals surface area contributed by atoms with Gasteiger partial charge >= 0.3 is 0 Å². The largest absolute Gasteiger partial charge is 0.389 e. The molecule has 6 nitrogen and oxygen atoms in total. The van der Waals surface area contributed by atoms with Crippen LogP contribution in [0.15, 0.2) is 29.2 Å². The second-order valence-corrected chi connectivity index (χ2v) is 6.12. The highest BCUT2D eigenvalue weighted by Gasteiger charge is 2.17. The van der Waals surface area contributed by atoms with Crippen LogP contribution >= 0.6 is 0 Å². The van der Waals surface area contributed by atoms with Gasteiger partial charge in [0.05, 0.1) is 18.4 Å². The number of methoxy groups -OCH3 is 1. The van der Waals surface area contributed by atoms with E-state index in [9.17, 15) is 13.5 Å². The lowest BCUT2D eigenvalue weighted by Crippen LogP contribution is -2.27. The molecule has 1 unspecified atom stereocenters. The van der Waals surface area contributed by atoms with Crippen molar-refractivity contribution < 1.29 is 18.3 Å². The first kappa shape index (κ1) is 16.9. The fourth-order valence-electron chi connectivity index (χ4n) is 1.64. The van der Waals surface area contributed by atoms with Crippen LogP contribution in [-0.2, 0) is 14.8 Å².